The van der Waals surface area contributed by atoms with Crippen molar-refractivity contribution in [3.63, 3.8) is 0 Å². The Kier molecular flexibility index (Phi) is 4.80. The van der Waals surface area contributed by atoms with E-state index in [1.807, 2.05) is 31.2 Å². The summed E-state index contributed by atoms with van der Waals surface area (Å²) in [6, 6.07) is 16.5. The molecule has 1 heterocycles. The van der Waals surface area contributed by atoms with E-state index < -0.39 is 5.63 Å². The molecule has 0 unspecified atom stereocenters. The molecule has 4 rings (SSSR count). The van der Waals surface area contributed by atoms with Crippen LogP contribution in [0, 0.1) is 6.92 Å². The molecule has 4 aromatic rings. The van der Waals surface area contributed by atoms with Gasteiger partial charge in [-0.3, -0.25) is 4.79 Å². The normalized spacial score (nSPS) is 11.0. The van der Waals surface area contributed by atoms with E-state index in [9.17, 15) is 9.59 Å². The van der Waals surface area contributed by atoms with E-state index in [-0.39, 0.29) is 5.78 Å². The molecule has 0 atom stereocenters. The number of rotatable bonds is 5. The Balaban J connectivity index is 1.80. The van der Waals surface area contributed by atoms with Crippen molar-refractivity contribution in [3.8, 4) is 11.5 Å². The van der Waals surface area contributed by atoms with Gasteiger partial charge in [-0.1, -0.05) is 42.0 Å². The highest BCUT2D eigenvalue weighted by atomic mass is 16.5. The molecule has 0 saturated heterocycles. The van der Waals surface area contributed by atoms with Crippen molar-refractivity contribution in [3.05, 3.63) is 81.7 Å². The average Bonchev–Trinajstić information content (AvgIpc) is 2.72. The van der Waals surface area contributed by atoms with Gasteiger partial charge in [0.15, 0.2) is 17.3 Å². The topological polar surface area (TPSA) is 65.7 Å². The van der Waals surface area contributed by atoms with Gasteiger partial charge in [0.25, 0.3) is 0 Å². The smallest absolute Gasteiger partial charge is 0.344 e. The molecule has 5 nitrogen and oxygen atoms in total. The quantitative estimate of drug-likeness (QED) is 0.272. The number of carbonyl (C=O) groups excluding carboxylic acids is 1. The molecule has 0 aliphatic heterocycles. The fraction of sp³-hybridized carbons (Fsp3) is 0.167. The largest absolute Gasteiger partial charge is 0.493 e. The maximum absolute atomic E-state index is 12.5. The Morgan fingerprint density at radius 3 is 2.38 bits per heavy atom. The second-order valence-electron chi connectivity index (χ2n) is 6.98. The van der Waals surface area contributed by atoms with E-state index in [1.165, 1.54) is 12.5 Å². The molecule has 0 fully saturated rings. The number of fused-ring (bicyclic) bond motifs is 3. The summed E-state index contributed by atoms with van der Waals surface area (Å²) in [4.78, 5) is 24.1. The fourth-order valence-corrected chi connectivity index (χ4v) is 3.28. The molecule has 0 radical (unpaired) electrons. The van der Waals surface area contributed by atoms with Gasteiger partial charge in [-0.25, -0.2) is 4.79 Å². The van der Waals surface area contributed by atoms with Crippen molar-refractivity contribution in [2.75, 3.05) is 7.11 Å². The molecule has 3 aromatic carbocycles. The van der Waals surface area contributed by atoms with Crippen LogP contribution >= 0.6 is 0 Å². The van der Waals surface area contributed by atoms with E-state index in [0.717, 1.165) is 5.56 Å². The number of ether oxygens (including phenoxy) is 2. The minimum absolute atomic E-state index is 0.108. The number of benzene rings is 3. The van der Waals surface area contributed by atoms with Crippen LogP contribution < -0.4 is 15.1 Å². The first-order valence-corrected chi connectivity index (χ1v) is 9.24. The zero-order chi connectivity index (χ0) is 20.5. The van der Waals surface area contributed by atoms with E-state index in [0.29, 0.717) is 45.4 Å². The summed E-state index contributed by atoms with van der Waals surface area (Å²) < 4.78 is 17.0. The zero-order valence-electron chi connectivity index (χ0n) is 16.4. The number of carbonyl (C=O) groups is 1. The van der Waals surface area contributed by atoms with Gasteiger partial charge >= 0.3 is 5.63 Å². The molecular formula is C24H20O5. The van der Waals surface area contributed by atoms with Gasteiger partial charge in [-0.2, -0.15) is 0 Å². The summed E-state index contributed by atoms with van der Waals surface area (Å²) in [5.41, 5.74) is 2.57. The first kappa shape index (κ1) is 18.7. The molecule has 0 aliphatic carbocycles. The van der Waals surface area contributed by atoms with Crippen LogP contribution in [0.1, 0.15) is 28.4 Å². The van der Waals surface area contributed by atoms with Crippen LogP contribution in [-0.4, -0.2) is 12.9 Å². The summed E-state index contributed by atoms with van der Waals surface area (Å²) in [7, 11) is 1.56. The second-order valence-corrected chi connectivity index (χ2v) is 6.98. The number of aryl methyl sites for hydroxylation is 1. The highest BCUT2D eigenvalue weighted by Crippen LogP contribution is 2.35. The molecular weight excluding hydrogens is 368 g/mol. The second kappa shape index (κ2) is 7.43. The Morgan fingerprint density at radius 1 is 0.931 bits per heavy atom. The predicted octanol–water partition coefficient (Wildman–Crippen LogP) is 5.04. The monoisotopic (exact) mass is 388 g/mol. The van der Waals surface area contributed by atoms with Crippen LogP contribution in [0.2, 0.25) is 0 Å². The molecule has 0 saturated carbocycles. The van der Waals surface area contributed by atoms with Crippen LogP contribution in [0.5, 0.6) is 11.5 Å². The lowest BCUT2D eigenvalue weighted by Crippen LogP contribution is -2.03. The van der Waals surface area contributed by atoms with Crippen molar-refractivity contribution in [2.24, 2.45) is 0 Å². The van der Waals surface area contributed by atoms with Gasteiger partial charge in [0.05, 0.1) is 12.5 Å². The molecule has 0 spiro atoms. The lowest BCUT2D eigenvalue weighted by atomic mass is 10.0. The minimum atomic E-state index is -0.495. The third-order valence-electron chi connectivity index (χ3n) is 4.92. The molecule has 146 valence electrons. The van der Waals surface area contributed by atoms with Crippen molar-refractivity contribution in [1.29, 1.82) is 0 Å². The van der Waals surface area contributed by atoms with Crippen LogP contribution in [0.3, 0.4) is 0 Å². The minimum Gasteiger partial charge on any atom is -0.493 e. The molecule has 0 amide bonds. The number of Topliss-reactive ketones (excluding diaryl/α,β-unsaturated/α-hetero) is 1. The molecule has 0 N–H and O–H groups in total. The highest BCUT2D eigenvalue weighted by molar-refractivity contribution is 6.07. The van der Waals surface area contributed by atoms with Gasteiger partial charge in [0.2, 0.25) is 0 Å². The van der Waals surface area contributed by atoms with Gasteiger partial charge in [0.1, 0.15) is 12.2 Å². The molecule has 1 aromatic heterocycles. The van der Waals surface area contributed by atoms with E-state index in [4.69, 9.17) is 13.9 Å². The maximum atomic E-state index is 12.5. The van der Waals surface area contributed by atoms with Crippen molar-refractivity contribution in [2.45, 2.75) is 20.5 Å². The Hall–Kier alpha value is -3.60. The number of ketones is 1. The van der Waals surface area contributed by atoms with Crippen LogP contribution in [-0.2, 0) is 6.61 Å². The molecule has 0 bridgehead atoms. The predicted molar refractivity (Wildman–Crippen MR) is 112 cm³/mol. The summed E-state index contributed by atoms with van der Waals surface area (Å²) in [6.45, 7) is 3.86. The number of methoxy groups -OCH3 is 1. The van der Waals surface area contributed by atoms with Gasteiger partial charge < -0.3 is 13.9 Å². The Morgan fingerprint density at radius 2 is 1.69 bits per heavy atom. The first-order chi connectivity index (χ1) is 14.0. The lowest BCUT2D eigenvalue weighted by Gasteiger charge is -2.13. The van der Waals surface area contributed by atoms with Gasteiger partial charge in [-0.05, 0) is 31.5 Å². The third-order valence-corrected chi connectivity index (χ3v) is 4.92. The van der Waals surface area contributed by atoms with E-state index >= 15 is 0 Å². The number of hydrogen-bond donors (Lipinski definition) is 0. The first-order valence-electron chi connectivity index (χ1n) is 9.24. The van der Waals surface area contributed by atoms with E-state index in [2.05, 4.69) is 0 Å². The maximum Gasteiger partial charge on any atom is 0.344 e. The number of hydrogen-bond acceptors (Lipinski definition) is 5. The van der Waals surface area contributed by atoms with Crippen LogP contribution in [0.25, 0.3) is 21.7 Å². The summed E-state index contributed by atoms with van der Waals surface area (Å²) in [5, 5.41) is 1.78. The van der Waals surface area contributed by atoms with E-state index in [1.54, 1.807) is 37.4 Å². The third kappa shape index (κ3) is 3.59. The van der Waals surface area contributed by atoms with Crippen molar-refractivity contribution < 1.29 is 18.7 Å². The summed E-state index contributed by atoms with van der Waals surface area (Å²) in [6.07, 6.45) is 0. The van der Waals surface area contributed by atoms with Gasteiger partial charge in [0, 0.05) is 22.4 Å². The summed E-state index contributed by atoms with van der Waals surface area (Å²) in [5.74, 6) is 0.919. The lowest BCUT2D eigenvalue weighted by molar-refractivity contribution is 0.101. The summed E-state index contributed by atoms with van der Waals surface area (Å²) >= 11 is 0. The van der Waals surface area contributed by atoms with Crippen molar-refractivity contribution in [1.82, 2.24) is 0 Å². The van der Waals surface area contributed by atoms with Crippen LogP contribution in [0.4, 0.5) is 0 Å². The zero-order valence-corrected chi connectivity index (χ0v) is 16.4. The SMILES string of the molecule is COc1cc2c(cc1OCc1ccc(C)cc1)oc(=O)c1cc(C(C)=O)ccc12. The Bertz CT molecular complexity index is 1280. The van der Waals surface area contributed by atoms with Crippen LogP contribution in [0.15, 0.2) is 63.8 Å². The van der Waals surface area contributed by atoms with Gasteiger partial charge in [-0.15, -0.1) is 0 Å². The Labute approximate surface area is 167 Å². The molecule has 29 heavy (non-hydrogen) atoms. The molecule has 5 heteroatoms. The van der Waals surface area contributed by atoms with Crippen molar-refractivity contribution >= 4 is 27.5 Å². The standard InChI is InChI=1S/C24H20O5/c1-14-4-6-16(7-5-14)13-28-23-12-21-19(11-22(23)27-3)18-9-8-17(15(2)25)10-20(18)24(26)29-21/h4-12H,13H2,1-3H3. The average molecular weight is 388 g/mol. The fourth-order valence-electron chi connectivity index (χ4n) is 3.28. The molecule has 0 aliphatic rings. The highest BCUT2D eigenvalue weighted by Gasteiger charge is 2.14.